The van der Waals surface area contributed by atoms with E-state index in [1.807, 2.05) is 12.1 Å². The number of benzene rings is 2. The summed E-state index contributed by atoms with van der Waals surface area (Å²) in [5.41, 5.74) is 14.4. The number of nitrogens with one attached hydrogen (secondary N) is 2. The molecule has 1 aromatic heterocycles. The second-order valence-corrected chi connectivity index (χ2v) is 5.34. The Bertz CT molecular complexity index is 954. The lowest BCUT2D eigenvalue weighted by molar-refractivity contribution is 0.416. The standard InChI is InChI=1S/C17H17N7O.2ClH/c1-25-15-8-11(17(20)21)4-7-13(15)14-9-24(23-22-14)12-5-2-10(3-6-12)16(18)19;;/h2-9H,1H3,(H3,18,19)(H3,20,21);2*1H. The number of hydrogen-bond donors (Lipinski definition) is 4. The summed E-state index contributed by atoms with van der Waals surface area (Å²) < 4.78 is 7.00. The van der Waals surface area contributed by atoms with Crippen LogP contribution in [-0.4, -0.2) is 33.8 Å². The molecule has 0 aliphatic rings. The van der Waals surface area contributed by atoms with Crippen LogP contribution >= 0.6 is 24.8 Å². The van der Waals surface area contributed by atoms with Gasteiger partial charge in [-0.3, -0.25) is 10.8 Å². The maximum atomic E-state index is 7.51. The fraction of sp³-hybridized carbons (Fsp3) is 0.0588. The molecule has 0 aliphatic heterocycles. The van der Waals surface area contributed by atoms with Crippen LogP contribution in [0.25, 0.3) is 16.9 Å². The number of amidine groups is 2. The molecule has 8 nitrogen and oxygen atoms in total. The summed E-state index contributed by atoms with van der Waals surface area (Å²) in [4.78, 5) is 0. The van der Waals surface area contributed by atoms with E-state index < -0.39 is 0 Å². The molecule has 1 heterocycles. The zero-order valence-electron chi connectivity index (χ0n) is 14.3. The highest BCUT2D eigenvalue weighted by Crippen LogP contribution is 2.29. The van der Waals surface area contributed by atoms with Crippen molar-refractivity contribution < 1.29 is 4.74 Å². The van der Waals surface area contributed by atoms with E-state index in [1.165, 1.54) is 0 Å². The van der Waals surface area contributed by atoms with Gasteiger partial charge in [-0.1, -0.05) is 11.3 Å². The van der Waals surface area contributed by atoms with Gasteiger partial charge in [0.2, 0.25) is 0 Å². The Balaban J connectivity index is 0.00000182. The van der Waals surface area contributed by atoms with E-state index >= 15 is 0 Å². The molecule has 0 bridgehead atoms. The predicted molar refractivity (Wildman–Crippen MR) is 110 cm³/mol. The van der Waals surface area contributed by atoms with Crippen LogP contribution in [0.15, 0.2) is 48.7 Å². The molecular weight excluding hydrogens is 389 g/mol. The van der Waals surface area contributed by atoms with Gasteiger partial charge in [-0.05, 0) is 36.4 Å². The Kier molecular flexibility index (Phi) is 7.33. The quantitative estimate of drug-likeness (QED) is 0.379. The van der Waals surface area contributed by atoms with Gasteiger partial charge in [-0.15, -0.1) is 29.9 Å². The highest BCUT2D eigenvalue weighted by molar-refractivity contribution is 5.96. The van der Waals surface area contributed by atoms with E-state index in [2.05, 4.69) is 10.3 Å². The van der Waals surface area contributed by atoms with Crippen LogP contribution in [-0.2, 0) is 0 Å². The van der Waals surface area contributed by atoms with Gasteiger partial charge in [0.05, 0.1) is 19.0 Å². The lowest BCUT2D eigenvalue weighted by Crippen LogP contribution is -2.11. The van der Waals surface area contributed by atoms with Gasteiger partial charge in [0.15, 0.2) is 0 Å². The first-order valence-corrected chi connectivity index (χ1v) is 7.39. The van der Waals surface area contributed by atoms with Crippen molar-refractivity contribution in [2.24, 2.45) is 11.5 Å². The van der Waals surface area contributed by atoms with Gasteiger partial charge in [0, 0.05) is 16.7 Å². The van der Waals surface area contributed by atoms with Crippen molar-refractivity contribution >= 4 is 36.5 Å². The van der Waals surface area contributed by atoms with E-state index in [0.29, 0.717) is 22.6 Å². The first kappa shape index (κ1) is 21.9. The van der Waals surface area contributed by atoms with Crippen molar-refractivity contribution in [3.05, 3.63) is 59.8 Å². The molecule has 0 spiro atoms. The fourth-order valence-electron chi connectivity index (χ4n) is 2.38. The van der Waals surface area contributed by atoms with Crippen LogP contribution in [0.4, 0.5) is 0 Å². The zero-order chi connectivity index (χ0) is 18.0. The maximum absolute atomic E-state index is 7.51. The Morgan fingerprint density at radius 1 is 0.963 bits per heavy atom. The molecule has 0 aliphatic carbocycles. The molecule has 142 valence electrons. The van der Waals surface area contributed by atoms with Crippen LogP contribution in [0.2, 0.25) is 0 Å². The number of rotatable bonds is 5. The number of nitrogen functional groups attached to an aromatic ring is 2. The molecular formula is C17H19Cl2N7O. The topological polar surface area (TPSA) is 140 Å². The van der Waals surface area contributed by atoms with E-state index in [4.69, 9.17) is 27.0 Å². The molecule has 0 atom stereocenters. The second-order valence-electron chi connectivity index (χ2n) is 5.34. The third kappa shape index (κ3) is 4.55. The molecule has 0 fully saturated rings. The van der Waals surface area contributed by atoms with Crippen LogP contribution < -0.4 is 16.2 Å². The minimum absolute atomic E-state index is 0. The predicted octanol–water partition coefficient (Wildman–Crippen LogP) is 2.35. The summed E-state index contributed by atoms with van der Waals surface area (Å²) in [7, 11) is 1.55. The molecule has 3 rings (SSSR count). The van der Waals surface area contributed by atoms with Gasteiger partial charge >= 0.3 is 0 Å². The molecule has 0 saturated carbocycles. The van der Waals surface area contributed by atoms with Crippen molar-refractivity contribution in [1.29, 1.82) is 10.8 Å². The largest absolute Gasteiger partial charge is 0.496 e. The molecule has 0 saturated heterocycles. The summed E-state index contributed by atoms with van der Waals surface area (Å²) in [6, 6.07) is 12.3. The van der Waals surface area contributed by atoms with Gasteiger partial charge in [0.25, 0.3) is 0 Å². The Labute approximate surface area is 168 Å². The third-order valence-corrected chi connectivity index (χ3v) is 3.72. The number of methoxy groups -OCH3 is 1. The van der Waals surface area contributed by atoms with Crippen LogP contribution in [0.1, 0.15) is 11.1 Å². The lowest BCUT2D eigenvalue weighted by atomic mass is 10.1. The number of nitrogens with two attached hydrogens (primary N) is 2. The van der Waals surface area contributed by atoms with Crippen molar-refractivity contribution in [2.45, 2.75) is 0 Å². The lowest BCUT2D eigenvalue weighted by Gasteiger charge is -2.08. The van der Waals surface area contributed by atoms with E-state index in [0.717, 1.165) is 11.3 Å². The van der Waals surface area contributed by atoms with Crippen molar-refractivity contribution in [1.82, 2.24) is 15.0 Å². The molecule has 6 N–H and O–H groups in total. The van der Waals surface area contributed by atoms with Crippen LogP contribution in [0.3, 0.4) is 0 Å². The van der Waals surface area contributed by atoms with E-state index in [9.17, 15) is 0 Å². The van der Waals surface area contributed by atoms with E-state index in [-0.39, 0.29) is 36.5 Å². The van der Waals surface area contributed by atoms with Gasteiger partial charge in [-0.2, -0.15) is 0 Å². The summed E-state index contributed by atoms with van der Waals surface area (Å²) in [6.07, 6.45) is 1.77. The van der Waals surface area contributed by atoms with E-state index in [1.54, 1.807) is 48.3 Å². The van der Waals surface area contributed by atoms with Crippen molar-refractivity contribution in [2.75, 3.05) is 7.11 Å². The highest BCUT2D eigenvalue weighted by atomic mass is 35.5. The molecule has 27 heavy (non-hydrogen) atoms. The number of halogens is 2. The van der Waals surface area contributed by atoms with Gasteiger partial charge in [0.1, 0.15) is 23.1 Å². The number of nitrogens with zero attached hydrogens (tertiary/aromatic N) is 3. The average Bonchev–Trinajstić information content (AvgIpc) is 3.11. The molecule has 10 heteroatoms. The summed E-state index contributed by atoms with van der Waals surface area (Å²) in [5, 5.41) is 23.3. The first-order chi connectivity index (χ1) is 12.0. The molecule has 3 aromatic rings. The van der Waals surface area contributed by atoms with Gasteiger partial charge < -0.3 is 16.2 Å². The normalized spacial score (nSPS) is 9.67. The monoisotopic (exact) mass is 407 g/mol. The Morgan fingerprint density at radius 2 is 1.56 bits per heavy atom. The van der Waals surface area contributed by atoms with Crippen molar-refractivity contribution in [3.8, 4) is 22.7 Å². The number of ether oxygens (including phenoxy) is 1. The summed E-state index contributed by atoms with van der Waals surface area (Å²) in [5.74, 6) is 0.548. The van der Waals surface area contributed by atoms with Crippen molar-refractivity contribution in [3.63, 3.8) is 0 Å². The highest BCUT2D eigenvalue weighted by Gasteiger charge is 2.12. The second kappa shape index (κ2) is 9.02. The maximum Gasteiger partial charge on any atom is 0.129 e. The fourth-order valence-corrected chi connectivity index (χ4v) is 2.38. The molecule has 0 radical (unpaired) electrons. The smallest absolute Gasteiger partial charge is 0.129 e. The van der Waals surface area contributed by atoms with Crippen LogP contribution in [0.5, 0.6) is 5.75 Å². The first-order valence-electron chi connectivity index (χ1n) is 7.39. The van der Waals surface area contributed by atoms with Crippen LogP contribution in [0, 0.1) is 10.8 Å². The zero-order valence-corrected chi connectivity index (χ0v) is 16.0. The SMILES string of the molecule is COc1cc(C(=N)N)ccc1-c1cn(-c2ccc(C(=N)N)cc2)nn1.Cl.Cl. The number of aromatic nitrogens is 3. The Hall–Kier alpha value is -3.10. The average molecular weight is 408 g/mol. The van der Waals surface area contributed by atoms with Gasteiger partial charge in [-0.25, -0.2) is 4.68 Å². The minimum atomic E-state index is -0.0286. The molecule has 2 aromatic carbocycles. The Morgan fingerprint density at radius 3 is 2.11 bits per heavy atom. The summed E-state index contributed by atoms with van der Waals surface area (Å²) >= 11 is 0. The molecule has 0 unspecified atom stereocenters. The molecule has 0 amide bonds. The number of hydrogen-bond acceptors (Lipinski definition) is 5. The minimum Gasteiger partial charge on any atom is -0.496 e. The third-order valence-electron chi connectivity index (χ3n) is 3.72. The summed E-state index contributed by atoms with van der Waals surface area (Å²) in [6.45, 7) is 0.